The van der Waals surface area contributed by atoms with E-state index in [1.54, 1.807) is 11.0 Å². The van der Waals surface area contributed by atoms with Gasteiger partial charge in [0, 0.05) is 18.7 Å². The number of amidine groups is 1. The van der Waals surface area contributed by atoms with Crippen molar-refractivity contribution in [3.8, 4) is 5.69 Å². The predicted octanol–water partition coefficient (Wildman–Crippen LogP) is 1.69. The summed E-state index contributed by atoms with van der Waals surface area (Å²) in [5, 5.41) is 14.4. The van der Waals surface area contributed by atoms with Crippen molar-refractivity contribution >= 4 is 23.9 Å². The van der Waals surface area contributed by atoms with E-state index in [9.17, 15) is 0 Å². The van der Waals surface area contributed by atoms with Gasteiger partial charge in [-0.3, -0.25) is 4.99 Å². The number of nitrogens with zero attached hydrogens (tertiary/aromatic N) is 5. The third-order valence-electron chi connectivity index (χ3n) is 2.62. The number of hydrogen-bond donors (Lipinski definition) is 1. The van der Waals surface area contributed by atoms with E-state index in [0.29, 0.717) is 0 Å². The third-order valence-corrected chi connectivity index (χ3v) is 2.62. The minimum Gasteiger partial charge on any atom is -0.344 e. The molecule has 1 aliphatic rings. The average Bonchev–Trinajstić information content (AvgIpc) is 3.01. The van der Waals surface area contributed by atoms with E-state index in [2.05, 4.69) is 25.8 Å². The Labute approximate surface area is 111 Å². The predicted molar refractivity (Wildman–Crippen MR) is 71.6 cm³/mol. The second-order valence-corrected chi connectivity index (χ2v) is 3.86. The van der Waals surface area contributed by atoms with Crippen LogP contribution in [0.5, 0.6) is 0 Å². The zero-order valence-corrected chi connectivity index (χ0v) is 10.5. The zero-order chi connectivity index (χ0) is 11.5. The van der Waals surface area contributed by atoms with Crippen LogP contribution >= 0.6 is 12.4 Å². The van der Waals surface area contributed by atoms with Gasteiger partial charge in [-0.15, -0.1) is 17.5 Å². The summed E-state index contributed by atoms with van der Waals surface area (Å²) in [5.74, 6) is 1.05. The SMILES string of the molecule is Cl.c1cc(NC2=NCCC2)cc(-n2cnnn2)c1. The molecule has 7 heteroatoms. The molecule has 0 fully saturated rings. The van der Waals surface area contributed by atoms with Crippen LogP contribution in [0.4, 0.5) is 5.69 Å². The van der Waals surface area contributed by atoms with Crippen LogP contribution in [0.1, 0.15) is 12.8 Å². The minimum atomic E-state index is 0. The average molecular weight is 265 g/mol. The largest absolute Gasteiger partial charge is 0.344 e. The molecule has 1 aliphatic heterocycles. The lowest BCUT2D eigenvalue weighted by Crippen LogP contribution is -2.08. The Hall–Kier alpha value is -1.95. The molecule has 0 saturated heterocycles. The molecule has 3 rings (SSSR count). The Bertz CT molecular complexity index is 536. The van der Waals surface area contributed by atoms with Crippen LogP contribution in [0.25, 0.3) is 5.69 Å². The highest BCUT2D eigenvalue weighted by atomic mass is 35.5. The highest BCUT2D eigenvalue weighted by molar-refractivity contribution is 5.96. The first kappa shape index (κ1) is 12.5. The first-order valence-electron chi connectivity index (χ1n) is 5.55. The first-order chi connectivity index (χ1) is 8.42. The minimum absolute atomic E-state index is 0. The fourth-order valence-corrected chi connectivity index (χ4v) is 1.81. The Balaban J connectivity index is 0.00000120. The number of halogens is 1. The van der Waals surface area contributed by atoms with Gasteiger partial charge in [-0.2, -0.15) is 0 Å². The number of nitrogens with one attached hydrogen (secondary N) is 1. The molecule has 0 unspecified atom stereocenters. The number of benzene rings is 1. The lowest BCUT2D eigenvalue weighted by molar-refractivity contribution is 0.789. The van der Waals surface area contributed by atoms with Crippen molar-refractivity contribution in [2.75, 3.05) is 11.9 Å². The molecule has 0 spiro atoms. The van der Waals surface area contributed by atoms with Gasteiger partial charge in [0.1, 0.15) is 12.2 Å². The van der Waals surface area contributed by atoms with Gasteiger partial charge >= 0.3 is 0 Å². The summed E-state index contributed by atoms with van der Waals surface area (Å²) in [4.78, 5) is 4.38. The lowest BCUT2D eigenvalue weighted by Gasteiger charge is -2.07. The highest BCUT2D eigenvalue weighted by Gasteiger charge is 2.06. The molecule has 6 nitrogen and oxygen atoms in total. The molecule has 0 aliphatic carbocycles. The van der Waals surface area contributed by atoms with Gasteiger partial charge in [0.05, 0.1) is 5.69 Å². The van der Waals surface area contributed by atoms with Crippen LogP contribution in [0.15, 0.2) is 35.6 Å². The monoisotopic (exact) mass is 264 g/mol. The lowest BCUT2D eigenvalue weighted by atomic mass is 10.2. The normalized spacial score (nSPS) is 13.9. The van der Waals surface area contributed by atoms with Crippen molar-refractivity contribution in [2.45, 2.75) is 12.8 Å². The highest BCUT2D eigenvalue weighted by Crippen LogP contribution is 2.15. The van der Waals surface area contributed by atoms with Crippen LogP contribution in [0, 0.1) is 0 Å². The molecule has 0 saturated carbocycles. The van der Waals surface area contributed by atoms with E-state index >= 15 is 0 Å². The molecule has 0 atom stereocenters. The Morgan fingerprint density at radius 3 is 2.94 bits per heavy atom. The van der Waals surface area contributed by atoms with Crippen molar-refractivity contribution in [1.29, 1.82) is 0 Å². The fraction of sp³-hybridized carbons (Fsp3) is 0.273. The summed E-state index contributed by atoms with van der Waals surface area (Å²) >= 11 is 0. The van der Waals surface area contributed by atoms with Crippen LogP contribution in [-0.4, -0.2) is 32.6 Å². The first-order valence-corrected chi connectivity index (χ1v) is 5.55. The number of hydrogen-bond acceptors (Lipinski definition) is 5. The van der Waals surface area contributed by atoms with Crippen molar-refractivity contribution in [1.82, 2.24) is 20.2 Å². The molecule has 1 N–H and O–H groups in total. The number of tetrazole rings is 1. The fourth-order valence-electron chi connectivity index (χ4n) is 1.81. The Morgan fingerprint density at radius 1 is 1.28 bits per heavy atom. The molecule has 94 valence electrons. The second-order valence-electron chi connectivity index (χ2n) is 3.86. The van der Waals surface area contributed by atoms with E-state index in [-0.39, 0.29) is 12.4 Å². The third kappa shape index (κ3) is 2.65. The smallest absolute Gasteiger partial charge is 0.143 e. The van der Waals surface area contributed by atoms with Crippen molar-refractivity contribution in [3.63, 3.8) is 0 Å². The second kappa shape index (κ2) is 5.59. The summed E-state index contributed by atoms with van der Waals surface area (Å²) < 4.78 is 1.63. The quantitative estimate of drug-likeness (QED) is 0.896. The van der Waals surface area contributed by atoms with Gasteiger partial charge in [0.15, 0.2) is 0 Å². The van der Waals surface area contributed by atoms with Gasteiger partial charge in [0.25, 0.3) is 0 Å². The molecular weight excluding hydrogens is 252 g/mol. The molecule has 2 aromatic rings. The summed E-state index contributed by atoms with van der Waals surface area (Å²) in [6.45, 7) is 0.926. The van der Waals surface area contributed by atoms with Crippen LogP contribution in [0.3, 0.4) is 0 Å². The molecule has 0 radical (unpaired) electrons. The topological polar surface area (TPSA) is 68.0 Å². The maximum Gasteiger partial charge on any atom is 0.143 e. The number of aliphatic imine (C=N–C) groups is 1. The number of anilines is 1. The molecule has 18 heavy (non-hydrogen) atoms. The van der Waals surface area contributed by atoms with Gasteiger partial charge in [-0.25, -0.2) is 4.68 Å². The number of aromatic nitrogens is 4. The van der Waals surface area contributed by atoms with Gasteiger partial charge < -0.3 is 5.32 Å². The Kier molecular flexibility index (Phi) is 3.88. The van der Waals surface area contributed by atoms with E-state index in [1.807, 2.05) is 24.3 Å². The van der Waals surface area contributed by atoms with E-state index in [1.165, 1.54) is 0 Å². The molecule has 0 amide bonds. The summed E-state index contributed by atoms with van der Waals surface area (Å²) in [5.41, 5.74) is 1.94. The van der Waals surface area contributed by atoms with Crippen LogP contribution < -0.4 is 5.32 Å². The van der Waals surface area contributed by atoms with E-state index < -0.39 is 0 Å². The van der Waals surface area contributed by atoms with Crippen molar-refractivity contribution in [2.24, 2.45) is 4.99 Å². The molecule has 1 aromatic heterocycles. The zero-order valence-electron chi connectivity index (χ0n) is 9.65. The summed E-state index contributed by atoms with van der Waals surface area (Å²) in [6.07, 6.45) is 3.73. The number of rotatable bonds is 2. The summed E-state index contributed by atoms with van der Waals surface area (Å²) in [6, 6.07) is 7.93. The Morgan fingerprint density at radius 2 is 2.22 bits per heavy atom. The van der Waals surface area contributed by atoms with E-state index in [4.69, 9.17) is 0 Å². The standard InChI is InChI=1S/C11H12N6.ClH/c1-3-9(14-11-5-2-6-12-11)7-10(4-1)17-8-13-15-16-17;/h1,3-4,7-8H,2,5-6H2,(H,12,14);1H. The van der Waals surface area contributed by atoms with Crippen molar-refractivity contribution < 1.29 is 0 Å². The van der Waals surface area contributed by atoms with Gasteiger partial charge in [-0.05, 0) is 35.0 Å². The van der Waals surface area contributed by atoms with Crippen LogP contribution in [-0.2, 0) is 0 Å². The maximum absolute atomic E-state index is 4.38. The maximum atomic E-state index is 4.38. The van der Waals surface area contributed by atoms with Crippen molar-refractivity contribution in [3.05, 3.63) is 30.6 Å². The molecule has 0 bridgehead atoms. The van der Waals surface area contributed by atoms with Crippen LogP contribution in [0.2, 0.25) is 0 Å². The van der Waals surface area contributed by atoms with E-state index in [0.717, 1.165) is 36.6 Å². The van der Waals surface area contributed by atoms with Gasteiger partial charge in [0.2, 0.25) is 0 Å². The summed E-state index contributed by atoms with van der Waals surface area (Å²) in [7, 11) is 0. The molecule has 1 aromatic carbocycles. The molecular formula is C11H13ClN6. The molecule has 2 heterocycles. The van der Waals surface area contributed by atoms with Gasteiger partial charge in [-0.1, -0.05) is 6.07 Å².